The van der Waals surface area contributed by atoms with Crippen molar-refractivity contribution in [1.29, 1.82) is 0 Å². The van der Waals surface area contributed by atoms with Crippen molar-refractivity contribution in [1.82, 2.24) is 5.32 Å². The lowest BCUT2D eigenvalue weighted by Gasteiger charge is -2.35. The first-order valence-electron chi connectivity index (χ1n) is 4.64. The first-order valence-corrected chi connectivity index (χ1v) is 4.64. The summed E-state index contributed by atoms with van der Waals surface area (Å²) in [5, 5.41) is 3.65. The van der Waals surface area contributed by atoms with Crippen LogP contribution in [-0.4, -0.2) is 12.1 Å². The van der Waals surface area contributed by atoms with E-state index in [4.69, 9.17) is 0 Å². The Morgan fingerprint density at radius 3 is 2.40 bits per heavy atom. The van der Waals surface area contributed by atoms with Crippen LogP contribution in [0, 0.1) is 5.92 Å². The number of hydrogen-bond acceptors (Lipinski definition) is 1. The molecule has 2 saturated carbocycles. The van der Waals surface area contributed by atoms with Crippen LogP contribution in [0.2, 0.25) is 0 Å². The average molecular weight is 139 g/mol. The Balaban J connectivity index is 1.60. The lowest BCUT2D eigenvalue weighted by atomic mass is 9.79. The van der Waals surface area contributed by atoms with Gasteiger partial charge in [0, 0.05) is 12.1 Å². The Labute approximate surface area is 63.2 Å². The molecule has 10 heavy (non-hydrogen) atoms. The second kappa shape index (κ2) is 2.54. The van der Waals surface area contributed by atoms with Gasteiger partial charge in [0.2, 0.25) is 0 Å². The number of rotatable bonds is 3. The first kappa shape index (κ1) is 6.66. The summed E-state index contributed by atoms with van der Waals surface area (Å²) in [6.07, 6.45) is 7.17. The molecule has 1 N–H and O–H groups in total. The van der Waals surface area contributed by atoms with Gasteiger partial charge in [-0.25, -0.2) is 0 Å². The van der Waals surface area contributed by atoms with E-state index in [-0.39, 0.29) is 0 Å². The minimum Gasteiger partial charge on any atom is -0.311 e. The van der Waals surface area contributed by atoms with Crippen molar-refractivity contribution in [2.45, 2.75) is 51.1 Å². The molecule has 0 unspecified atom stereocenters. The molecule has 0 heterocycles. The predicted octanol–water partition coefficient (Wildman–Crippen LogP) is 1.93. The minimum atomic E-state index is 0.900. The Morgan fingerprint density at radius 2 is 1.90 bits per heavy atom. The third-order valence-corrected chi connectivity index (χ3v) is 2.86. The number of hydrogen-bond donors (Lipinski definition) is 1. The van der Waals surface area contributed by atoms with Gasteiger partial charge in [0.25, 0.3) is 0 Å². The van der Waals surface area contributed by atoms with E-state index in [1.54, 1.807) is 0 Å². The van der Waals surface area contributed by atoms with Crippen LogP contribution in [0.5, 0.6) is 0 Å². The van der Waals surface area contributed by atoms with E-state index >= 15 is 0 Å². The van der Waals surface area contributed by atoms with Crippen LogP contribution in [-0.2, 0) is 0 Å². The van der Waals surface area contributed by atoms with Crippen LogP contribution >= 0.6 is 0 Å². The molecule has 0 radical (unpaired) electrons. The molecule has 0 amide bonds. The molecule has 0 atom stereocenters. The van der Waals surface area contributed by atoms with E-state index in [1.165, 1.54) is 32.1 Å². The van der Waals surface area contributed by atoms with E-state index in [9.17, 15) is 0 Å². The zero-order valence-electron chi connectivity index (χ0n) is 6.77. The zero-order valence-corrected chi connectivity index (χ0v) is 6.77. The molecule has 2 rings (SSSR count). The highest BCUT2D eigenvalue weighted by atomic mass is 15.0. The van der Waals surface area contributed by atoms with Gasteiger partial charge in [-0.2, -0.15) is 0 Å². The Hall–Kier alpha value is -0.0400. The molecular formula is C9H17N. The summed E-state index contributed by atoms with van der Waals surface area (Å²) in [7, 11) is 0. The molecule has 0 spiro atoms. The van der Waals surface area contributed by atoms with Crippen molar-refractivity contribution in [3.63, 3.8) is 0 Å². The van der Waals surface area contributed by atoms with Gasteiger partial charge >= 0.3 is 0 Å². The molecule has 2 aliphatic carbocycles. The standard InChI is InChI=1S/C9H17N/c1-2-7-5-9(6-7)10-8-3-4-8/h7-10H,2-6H2,1H3. The number of nitrogens with one attached hydrogen (secondary N) is 1. The molecule has 2 fully saturated rings. The maximum atomic E-state index is 3.65. The van der Waals surface area contributed by atoms with E-state index in [0.29, 0.717) is 0 Å². The molecule has 1 heteroatoms. The SMILES string of the molecule is CCC1CC(NC2CC2)C1. The van der Waals surface area contributed by atoms with Crippen LogP contribution in [0.1, 0.15) is 39.0 Å². The summed E-state index contributed by atoms with van der Waals surface area (Å²) < 4.78 is 0. The highest BCUT2D eigenvalue weighted by Crippen LogP contribution is 2.32. The summed E-state index contributed by atoms with van der Waals surface area (Å²) in [5.74, 6) is 1.05. The molecule has 0 aliphatic heterocycles. The van der Waals surface area contributed by atoms with Gasteiger partial charge in [0.1, 0.15) is 0 Å². The lowest BCUT2D eigenvalue weighted by Crippen LogP contribution is -2.41. The van der Waals surface area contributed by atoms with Crippen molar-refractivity contribution in [2.75, 3.05) is 0 Å². The molecule has 0 aromatic carbocycles. The van der Waals surface area contributed by atoms with Crippen LogP contribution in [0.25, 0.3) is 0 Å². The summed E-state index contributed by atoms with van der Waals surface area (Å²) in [5.41, 5.74) is 0. The molecule has 0 aromatic rings. The fourth-order valence-corrected chi connectivity index (χ4v) is 1.79. The van der Waals surface area contributed by atoms with E-state index < -0.39 is 0 Å². The van der Waals surface area contributed by atoms with Crippen LogP contribution in [0.3, 0.4) is 0 Å². The fraction of sp³-hybridized carbons (Fsp3) is 1.00. The van der Waals surface area contributed by atoms with Crippen molar-refractivity contribution in [3.8, 4) is 0 Å². The predicted molar refractivity (Wildman–Crippen MR) is 43.0 cm³/mol. The van der Waals surface area contributed by atoms with Gasteiger partial charge in [0.05, 0.1) is 0 Å². The van der Waals surface area contributed by atoms with Gasteiger partial charge in [-0.1, -0.05) is 13.3 Å². The van der Waals surface area contributed by atoms with Gasteiger partial charge < -0.3 is 5.32 Å². The van der Waals surface area contributed by atoms with Gasteiger partial charge in [0.15, 0.2) is 0 Å². The quantitative estimate of drug-likeness (QED) is 0.630. The fourth-order valence-electron chi connectivity index (χ4n) is 1.79. The highest BCUT2D eigenvalue weighted by molar-refractivity contribution is 4.91. The molecule has 58 valence electrons. The van der Waals surface area contributed by atoms with Crippen LogP contribution in [0.15, 0.2) is 0 Å². The summed E-state index contributed by atoms with van der Waals surface area (Å²) in [6.45, 7) is 2.30. The maximum absolute atomic E-state index is 3.65. The largest absolute Gasteiger partial charge is 0.311 e. The third kappa shape index (κ3) is 1.34. The second-order valence-corrected chi connectivity index (χ2v) is 3.88. The smallest absolute Gasteiger partial charge is 0.00749 e. The summed E-state index contributed by atoms with van der Waals surface area (Å²) in [6, 6.07) is 1.82. The second-order valence-electron chi connectivity index (χ2n) is 3.88. The van der Waals surface area contributed by atoms with E-state index in [2.05, 4.69) is 12.2 Å². The van der Waals surface area contributed by atoms with Crippen molar-refractivity contribution < 1.29 is 0 Å². The molecule has 0 saturated heterocycles. The van der Waals surface area contributed by atoms with Crippen molar-refractivity contribution in [2.24, 2.45) is 5.92 Å². The Kier molecular flexibility index (Phi) is 1.69. The summed E-state index contributed by atoms with van der Waals surface area (Å²) in [4.78, 5) is 0. The van der Waals surface area contributed by atoms with Crippen LogP contribution < -0.4 is 5.32 Å². The van der Waals surface area contributed by atoms with Gasteiger partial charge in [-0.05, 0) is 31.6 Å². The van der Waals surface area contributed by atoms with Gasteiger partial charge in [-0.3, -0.25) is 0 Å². The van der Waals surface area contributed by atoms with Crippen molar-refractivity contribution >= 4 is 0 Å². The van der Waals surface area contributed by atoms with E-state index in [0.717, 1.165) is 18.0 Å². The van der Waals surface area contributed by atoms with Crippen LogP contribution in [0.4, 0.5) is 0 Å². The topological polar surface area (TPSA) is 12.0 Å². The minimum absolute atomic E-state index is 0.900. The monoisotopic (exact) mass is 139 g/mol. The molecule has 0 bridgehead atoms. The normalized spacial score (nSPS) is 39.3. The average Bonchev–Trinajstić information content (AvgIpc) is 2.60. The van der Waals surface area contributed by atoms with Crippen molar-refractivity contribution in [3.05, 3.63) is 0 Å². The van der Waals surface area contributed by atoms with E-state index in [1.807, 2.05) is 0 Å². The zero-order chi connectivity index (χ0) is 6.97. The summed E-state index contributed by atoms with van der Waals surface area (Å²) >= 11 is 0. The third-order valence-electron chi connectivity index (χ3n) is 2.86. The highest BCUT2D eigenvalue weighted by Gasteiger charge is 2.32. The Bertz CT molecular complexity index is 112. The maximum Gasteiger partial charge on any atom is 0.00749 e. The molecule has 0 aromatic heterocycles. The molecule has 2 aliphatic rings. The van der Waals surface area contributed by atoms with Gasteiger partial charge in [-0.15, -0.1) is 0 Å². The Morgan fingerprint density at radius 1 is 1.20 bits per heavy atom. The molecule has 1 nitrogen and oxygen atoms in total. The first-order chi connectivity index (χ1) is 4.88. The lowest BCUT2D eigenvalue weighted by molar-refractivity contribution is 0.215. The molecular weight excluding hydrogens is 122 g/mol.